The predicted molar refractivity (Wildman–Crippen MR) is 114 cm³/mol. The molecular weight excluding hydrogens is 427 g/mol. The maximum Gasteiger partial charge on any atom is 0.387 e. The topological polar surface area (TPSA) is 39.1 Å². The Balaban J connectivity index is 1.70. The number of benzene rings is 3. The van der Waals surface area contributed by atoms with Crippen molar-refractivity contribution in [2.75, 3.05) is 5.32 Å². The molecule has 0 unspecified atom stereocenters. The third-order valence-corrected chi connectivity index (χ3v) is 5.34. The molecule has 1 N–H and O–H groups in total. The Morgan fingerprint density at radius 3 is 2.58 bits per heavy atom. The Hall–Kier alpha value is -3.45. The van der Waals surface area contributed by atoms with E-state index in [1.807, 2.05) is 34.9 Å². The summed E-state index contributed by atoms with van der Waals surface area (Å²) in [6.07, 6.45) is 1.87. The largest absolute Gasteiger partial charge is 0.434 e. The summed E-state index contributed by atoms with van der Waals surface area (Å²) in [6.45, 7) is -3.00. The van der Waals surface area contributed by atoms with Crippen LogP contribution in [0.15, 0.2) is 72.8 Å². The van der Waals surface area contributed by atoms with Gasteiger partial charge in [-0.05, 0) is 54.1 Å². The quantitative estimate of drug-likeness (QED) is 0.393. The fraction of sp³-hybridized carbons (Fsp3) is 0.0870. The van der Waals surface area contributed by atoms with Crippen molar-refractivity contribution < 1.29 is 17.9 Å². The lowest BCUT2D eigenvalue weighted by molar-refractivity contribution is -0.0500. The summed E-state index contributed by atoms with van der Waals surface area (Å²) in [4.78, 5) is 4.65. The summed E-state index contributed by atoms with van der Waals surface area (Å²) < 4.78 is 46.2. The fourth-order valence-corrected chi connectivity index (χ4v) is 3.95. The first-order valence-electron chi connectivity index (χ1n) is 9.45. The molecule has 1 aliphatic heterocycles. The molecule has 0 saturated carbocycles. The molecule has 3 aromatic carbocycles. The van der Waals surface area contributed by atoms with Crippen molar-refractivity contribution in [3.8, 4) is 5.75 Å². The first-order valence-corrected chi connectivity index (χ1v) is 9.83. The van der Waals surface area contributed by atoms with Crippen LogP contribution >= 0.6 is 11.6 Å². The lowest BCUT2D eigenvalue weighted by Gasteiger charge is -2.27. The normalized spacial score (nSPS) is 15.5. The molecule has 2 heterocycles. The molecule has 1 aromatic heterocycles. The van der Waals surface area contributed by atoms with Gasteiger partial charge in [0.2, 0.25) is 5.95 Å². The maximum atomic E-state index is 13.5. The Morgan fingerprint density at radius 2 is 1.81 bits per heavy atom. The van der Waals surface area contributed by atoms with Crippen molar-refractivity contribution in [1.82, 2.24) is 9.55 Å². The van der Waals surface area contributed by atoms with Gasteiger partial charge < -0.3 is 10.1 Å². The van der Waals surface area contributed by atoms with Crippen molar-refractivity contribution in [2.45, 2.75) is 12.7 Å². The highest BCUT2D eigenvalue weighted by molar-refractivity contribution is 6.30. The van der Waals surface area contributed by atoms with Gasteiger partial charge in [-0.3, -0.25) is 4.57 Å². The van der Waals surface area contributed by atoms with Crippen molar-refractivity contribution in [2.24, 2.45) is 0 Å². The molecule has 0 bridgehead atoms. The van der Waals surface area contributed by atoms with Crippen LogP contribution in [0.3, 0.4) is 0 Å². The zero-order chi connectivity index (χ0) is 21.5. The molecule has 4 aromatic rings. The van der Waals surface area contributed by atoms with Crippen LogP contribution in [-0.4, -0.2) is 16.2 Å². The number of aromatic nitrogens is 2. The monoisotopic (exact) mass is 441 g/mol. The van der Waals surface area contributed by atoms with Gasteiger partial charge in [0.05, 0.1) is 22.8 Å². The van der Waals surface area contributed by atoms with E-state index in [0.717, 1.165) is 16.6 Å². The van der Waals surface area contributed by atoms with Gasteiger partial charge in [0.25, 0.3) is 0 Å². The zero-order valence-electron chi connectivity index (χ0n) is 15.9. The molecule has 156 valence electrons. The average Bonchev–Trinajstić information content (AvgIpc) is 3.12. The van der Waals surface area contributed by atoms with Gasteiger partial charge in [-0.25, -0.2) is 9.37 Å². The first kappa shape index (κ1) is 19.5. The van der Waals surface area contributed by atoms with E-state index < -0.39 is 6.61 Å². The standard InChI is InChI=1S/C23H15ClF3N3O/c24-14-7-10-16(21(11-14)31-22(26)27)18-12-20(13-5-8-15(25)9-6-13)30-19-4-2-1-3-17(19)28-23(30)29-18/h1-12,20,22H,(H,28,29)/t20-/m1/s1. The van der Waals surface area contributed by atoms with Gasteiger partial charge in [-0.2, -0.15) is 8.78 Å². The molecular formula is C23H15ClF3N3O. The van der Waals surface area contributed by atoms with Crippen molar-refractivity contribution in [3.05, 3.63) is 94.8 Å². The van der Waals surface area contributed by atoms with Crippen LogP contribution in [0.4, 0.5) is 19.1 Å². The van der Waals surface area contributed by atoms with Crippen molar-refractivity contribution in [3.63, 3.8) is 0 Å². The van der Waals surface area contributed by atoms with Gasteiger partial charge in [0.15, 0.2) is 0 Å². The van der Waals surface area contributed by atoms with E-state index >= 15 is 0 Å². The molecule has 0 radical (unpaired) electrons. The maximum absolute atomic E-state index is 13.5. The second kappa shape index (κ2) is 7.67. The number of nitrogens with one attached hydrogen (secondary N) is 1. The number of halogens is 4. The number of allylic oxidation sites excluding steroid dienone is 1. The average molecular weight is 442 g/mol. The number of anilines is 1. The summed E-state index contributed by atoms with van der Waals surface area (Å²) in [7, 11) is 0. The number of fused-ring (bicyclic) bond motifs is 3. The number of nitrogens with zero attached hydrogens (tertiary/aromatic N) is 2. The number of alkyl halides is 2. The molecule has 1 atom stereocenters. The third-order valence-electron chi connectivity index (χ3n) is 5.11. The lowest BCUT2D eigenvalue weighted by atomic mass is 10.0. The zero-order valence-corrected chi connectivity index (χ0v) is 16.7. The Labute approximate surface area is 180 Å². The highest BCUT2D eigenvalue weighted by Gasteiger charge is 2.27. The van der Waals surface area contributed by atoms with E-state index in [1.54, 1.807) is 24.3 Å². The van der Waals surface area contributed by atoms with Crippen LogP contribution in [0.2, 0.25) is 5.02 Å². The molecule has 0 aliphatic carbocycles. The minimum absolute atomic E-state index is 0.0522. The van der Waals surface area contributed by atoms with Gasteiger partial charge in [-0.1, -0.05) is 35.9 Å². The van der Waals surface area contributed by atoms with Gasteiger partial charge in [0.1, 0.15) is 11.6 Å². The Morgan fingerprint density at radius 1 is 1.03 bits per heavy atom. The minimum Gasteiger partial charge on any atom is -0.434 e. The number of para-hydroxylation sites is 2. The van der Waals surface area contributed by atoms with Gasteiger partial charge in [0, 0.05) is 10.6 Å². The van der Waals surface area contributed by atoms with Crippen LogP contribution in [0.5, 0.6) is 5.75 Å². The second-order valence-electron chi connectivity index (χ2n) is 7.01. The van der Waals surface area contributed by atoms with E-state index in [0.29, 0.717) is 17.2 Å². The number of ether oxygens (including phenoxy) is 1. The van der Waals surface area contributed by atoms with E-state index in [-0.39, 0.29) is 22.6 Å². The molecule has 4 nitrogen and oxygen atoms in total. The van der Waals surface area contributed by atoms with Crippen molar-refractivity contribution in [1.29, 1.82) is 0 Å². The molecule has 0 fully saturated rings. The minimum atomic E-state index is -3.00. The molecule has 8 heteroatoms. The van der Waals surface area contributed by atoms with Crippen LogP contribution in [-0.2, 0) is 0 Å². The number of hydrogen-bond donors (Lipinski definition) is 1. The Kier molecular flexibility index (Phi) is 4.82. The van der Waals surface area contributed by atoms with E-state index in [9.17, 15) is 13.2 Å². The highest BCUT2D eigenvalue weighted by Crippen LogP contribution is 2.39. The summed E-state index contributed by atoms with van der Waals surface area (Å²) in [5.74, 6) is 0.137. The van der Waals surface area contributed by atoms with E-state index in [4.69, 9.17) is 16.3 Å². The molecule has 0 saturated heterocycles. The summed E-state index contributed by atoms with van der Waals surface area (Å²) in [6, 6.07) is 18.0. The number of rotatable bonds is 4. The van der Waals surface area contributed by atoms with Crippen LogP contribution in [0.1, 0.15) is 17.2 Å². The van der Waals surface area contributed by atoms with Gasteiger partial charge >= 0.3 is 6.61 Å². The molecule has 1 aliphatic rings. The fourth-order valence-electron chi connectivity index (χ4n) is 3.78. The number of imidazole rings is 1. The van der Waals surface area contributed by atoms with Crippen molar-refractivity contribution >= 4 is 34.3 Å². The summed E-state index contributed by atoms with van der Waals surface area (Å²) in [5, 5.41) is 3.49. The van der Waals surface area contributed by atoms with Crippen LogP contribution in [0.25, 0.3) is 16.7 Å². The molecule has 31 heavy (non-hydrogen) atoms. The molecule has 0 amide bonds. The van der Waals surface area contributed by atoms with Crippen LogP contribution in [0, 0.1) is 5.82 Å². The summed E-state index contributed by atoms with van der Waals surface area (Å²) >= 11 is 6.00. The smallest absolute Gasteiger partial charge is 0.387 e. The first-order chi connectivity index (χ1) is 15.0. The second-order valence-corrected chi connectivity index (χ2v) is 7.45. The molecule has 5 rings (SSSR count). The number of hydrogen-bond acceptors (Lipinski definition) is 3. The Bertz CT molecular complexity index is 1300. The third kappa shape index (κ3) is 3.61. The van der Waals surface area contributed by atoms with Crippen LogP contribution < -0.4 is 10.1 Å². The lowest BCUT2D eigenvalue weighted by Crippen LogP contribution is -2.19. The van der Waals surface area contributed by atoms with E-state index in [1.165, 1.54) is 18.2 Å². The van der Waals surface area contributed by atoms with Gasteiger partial charge in [-0.15, -0.1) is 0 Å². The van der Waals surface area contributed by atoms with E-state index in [2.05, 4.69) is 10.3 Å². The highest BCUT2D eigenvalue weighted by atomic mass is 35.5. The SMILES string of the molecule is Fc1ccc([C@H]2C=C(c3ccc(Cl)cc3OC(F)F)Nc3nc4ccccc4n32)cc1. The predicted octanol–water partition coefficient (Wildman–Crippen LogP) is 6.49. The molecule has 0 spiro atoms. The summed E-state index contributed by atoms with van der Waals surface area (Å²) in [5.41, 5.74) is 3.41.